The summed E-state index contributed by atoms with van der Waals surface area (Å²) in [7, 11) is -1.24. The first-order valence-electron chi connectivity index (χ1n) is 11.8. The average molecular weight is 485 g/mol. The van der Waals surface area contributed by atoms with E-state index in [1.54, 1.807) is 12.1 Å². The van der Waals surface area contributed by atoms with Crippen LogP contribution < -0.4 is 0 Å². The van der Waals surface area contributed by atoms with Gasteiger partial charge in [-0.15, -0.1) is 0 Å². The number of hydrogen-bond donors (Lipinski definition) is 1. The largest absolute Gasteiger partial charge is 0.390 e. The second kappa shape index (κ2) is 11.0. The summed E-state index contributed by atoms with van der Waals surface area (Å²) in [6.07, 6.45) is 1.60. The Bertz CT molecular complexity index is 799. The number of aliphatic hydroxyl groups is 1. The second-order valence-electron chi connectivity index (χ2n) is 10.4. The van der Waals surface area contributed by atoms with Crippen molar-refractivity contribution in [2.75, 3.05) is 39.7 Å². The first-order chi connectivity index (χ1) is 15.5. The Balaban J connectivity index is 1.84. The smallest absolute Gasteiger partial charge is 0.295 e. The van der Waals surface area contributed by atoms with Crippen LogP contribution in [-0.2, 0) is 20.2 Å². The van der Waals surface area contributed by atoms with E-state index in [-0.39, 0.29) is 35.9 Å². The molecule has 33 heavy (non-hydrogen) atoms. The number of rotatable bonds is 10. The summed E-state index contributed by atoms with van der Waals surface area (Å²) in [5.74, 6) is -3.02. The molecule has 0 radical (unpaired) electrons. The highest BCUT2D eigenvalue weighted by molar-refractivity contribution is 6.76. The molecular formula is C24H38F2N2O4Si. The Kier molecular flexibility index (Phi) is 8.80. The van der Waals surface area contributed by atoms with Crippen LogP contribution in [0.5, 0.6) is 0 Å². The van der Waals surface area contributed by atoms with E-state index in [0.717, 1.165) is 18.9 Å². The lowest BCUT2D eigenvalue weighted by molar-refractivity contribution is -0.130. The van der Waals surface area contributed by atoms with Crippen LogP contribution >= 0.6 is 0 Å². The predicted octanol–water partition coefficient (Wildman–Crippen LogP) is 4.04. The fourth-order valence-corrected chi connectivity index (χ4v) is 5.36. The summed E-state index contributed by atoms with van der Waals surface area (Å²) in [5.41, 5.74) is 0.458. The van der Waals surface area contributed by atoms with E-state index in [1.165, 1.54) is 12.1 Å². The van der Waals surface area contributed by atoms with Gasteiger partial charge in [0.1, 0.15) is 13.3 Å². The Hall–Kier alpha value is -1.23. The molecule has 1 aromatic rings. The van der Waals surface area contributed by atoms with Gasteiger partial charge in [0.15, 0.2) is 5.78 Å². The minimum atomic E-state index is -3.31. The standard InChI is InChI=1S/C24H38F2N2O4Si/c1-18(20-6-5-7-21(14-20)24(25,26)16-29)28-23(19-8-10-31-11-9-19)22(30)15-27(28)17-32-12-13-33(2,3)4/h5-7,14,18-19,23,29H,8-13,15-17H2,1-4H3/t18?,23-/m1/s1. The maximum Gasteiger partial charge on any atom is 0.295 e. The van der Waals surface area contributed by atoms with Crippen molar-refractivity contribution in [1.29, 1.82) is 0 Å². The van der Waals surface area contributed by atoms with Crippen molar-refractivity contribution in [3.8, 4) is 0 Å². The summed E-state index contributed by atoms with van der Waals surface area (Å²) in [6, 6.07) is 6.55. The predicted molar refractivity (Wildman–Crippen MR) is 126 cm³/mol. The van der Waals surface area contributed by atoms with Crippen molar-refractivity contribution < 1.29 is 28.2 Å². The number of aliphatic hydroxyl groups excluding tert-OH is 1. The van der Waals surface area contributed by atoms with Crippen LogP contribution in [0.4, 0.5) is 8.78 Å². The highest BCUT2D eigenvalue weighted by Gasteiger charge is 2.46. The Morgan fingerprint density at radius 3 is 2.61 bits per heavy atom. The van der Waals surface area contributed by atoms with Gasteiger partial charge in [-0.3, -0.25) is 4.79 Å². The molecule has 0 amide bonds. The number of carbonyl (C=O) groups excluding carboxylic acids is 1. The molecule has 1 aromatic carbocycles. The Morgan fingerprint density at radius 2 is 1.97 bits per heavy atom. The van der Waals surface area contributed by atoms with Crippen LogP contribution in [0.15, 0.2) is 24.3 Å². The molecule has 3 rings (SSSR count). The van der Waals surface area contributed by atoms with Crippen molar-refractivity contribution in [2.24, 2.45) is 5.92 Å². The Labute approximate surface area is 196 Å². The van der Waals surface area contributed by atoms with Gasteiger partial charge < -0.3 is 14.6 Å². The molecule has 1 N–H and O–H groups in total. The summed E-state index contributed by atoms with van der Waals surface area (Å²) in [6.45, 7) is 10.0. The molecule has 6 nitrogen and oxygen atoms in total. The molecule has 2 atom stereocenters. The normalized spacial score (nSPS) is 22.8. The molecule has 0 aromatic heterocycles. The summed E-state index contributed by atoms with van der Waals surface area (Å²) in [4.78, 5) is 13.2. The minimum absolute atomic E-state index is 0.138. The molecule has 2 saturated heterocycles. The maximum atomic E-state index is 14.2. The number of nitrogens with zero attached hydrogens (tertiary/aromatic N) is 2. The number of carbonyl (C=O) groups is 1. The molecule has 0 bridgehead atoms. The molecule has 0 aliphatic carbocycles. The number of halogens is 2. The molecular weight excluding hydrogens is 446 g/mol. The zero-order valence-corrected chi connectivity index (χ0v) is 21.2. The van der Waals surface area contributed by atoms with Gasteiger partial charge in [0, 0.05) is 39.5 Å². The topological polar surface area (TPSA) is 62.2 Å². The van der Waals surface area contributed by atoms with Crippen molar-refractivity contribution in [3.63, 3.8) is 0 Å². The molecule has 0 saturated carbocycles. The number of ether oxygens (including phenoxy) is 2. The highest BCUT2D eigenvalue weighted by Crippen LogP contribution is 2.37. The number of ketones is 1. The number of benzene rings is 1. The van der Waals surface area contributed by atoms with Crippen LogP contribution in [0.3, 0.4) is 0 Å². The highest BCUT2D eigenvalue weighted by atomic mass is 28.3. The first-order valence-corrected chi connectivity index (χ1v) is 15.5. The van der Waals surface area contributed by atoms with Crippen LogP contribution in [0.25, 0.3) is 0 Å². The van der Waals surface area contributed by atoms with E-state index >= 15 is 0 Å². The number of Topliss-reactive ketones (excluding diaryl/α,β-unsaturated/α-hetero) is 1. The van der Waals surface area contributed by atoms with Gasteiger partial charge in [-0.2, -0.15) is 8.78 Å². The summed E-state index contributed by atoms with van der Waals surface area (Å²) in [5, 5.41) is 13.1. The molecule has 2 aliphatic rings. The van der Waals surface area contributed by atoms with Crippen LogP contribution in [0.1, 0.15) is 36.9 Å². The quantitative estimate of drug-likeness (QED) is 0.400. The van der Waals surface area contributed by atoms with Gasteiger partial charge >= 0.3 is 0 Å². The fraction of sp³-hybridized carbons (Fsp3) is 0.708. The van der Waals surface area contributed by atoms with E-state index in [1.807, 2.05) is 16.9 Å². The number of alkyl halides is 2. The van der Waals surface area contributed by atoms with Gasteiger partial charge in [-0.1, -0.05) is 37.8 Å². The van der Waals surface area contributed by atoms with Crippen LogP contribution in [-0.4, -0.2) is 74.7 Å². The molecule has 2 aliphatic heterocycles. The van der Waals surface area contributed by atoms with E-state index in [9.17, 15) is 13.6 Å². The van der Waals surface area contributed by atoms with E-state index in [0.29, 0.717) is 32.1 Å². The summed E-state index contributed by atoms with van der Waals surface area (Å²) < 4.78 is 39.8. The molecule has 1 unspecified atom stereocenters. The van der Waals surface area contributed by atoms with Gasteiger partial charge in [0.2, 0.25) is 0 Å². The molecule has 2 fully saturated rings. The third-order valence-corrected chi connectivity index (χ3v) is 8.32. The molecule has 9 heteroatoms. The Morgan fingerprint density at radius 1 is 1.27 bits per heavy atom. The van der Waals surface area contributed by atoms with Gasteiger partial charge in [-0.25, -0.2) is 10.0 Å². The van der Waals surface area contributed by atoms with Gasteiger partial charge in [0.05, 0.1) is 12.6 Å². The minimum Gasteiger partial charge on any atom is -0.390 e. The van der Waals surface area contributed by atoms with Crippen LogP contribution in [0, 0.1) is 5.92 Å². The van der Waals surface area contributed by atoms with E-state index in [4.69, 9.17) is 14.6 Å². The average Bonchev–Trinajstić information content (AvgIpc) is 3.12. The zero-order valence-electron chi connectivity index (χ0n) is 20.2. The fourth-order valence-electron chi connectivity index (χ4n) is 4.61. The van der Waals surface area contributed by atoms with Crippen molar-refractivity contribution in [3.05, 3.63) is 35.4 Å². The SMILES string of the molecule is CC(c1cccc(C(F)(F)CO)c1)N1[C@H](C2CCOCC2)C(=O)CN1COCC[Si](C)(C)C. The van der Waals surface area contributed by atoms with Crippen molar-refractivity contribution in [1.82, 2.24) is 10.0 Å². The second-order valence-corrected chi connectivity index (χ2v) is 16.0. The van der Waals surface area contributed by atoms with Crippen molar-refractivity contribution >= 4 is 13.9 Å². The van der Waals surface area contributed by atoms with Crippen molar-refractivity contribution in [2.45, 2.75) is 63.5 Å². The van der Waals surface area contributed by atoms with E-state index in [2.05, 4.69) is 19.6 Å². The molecule has 0 spiro atoms. The van der Waals surface area contributed by atoms with Gasteiger partial charge in [-0.05, 0) is 43.4 Å². The lowest BCUT2D eigenvalue weighted by Gasteiger charge is -2.40. The molecule has 186 valence electrons. The molecule has 2 heterocycles. The lowest BCUT2D eigenvalue weighted by atomic mass is 9.88. The van der Waals surface area contributed by atoms with E-state index < -0.39 is 20.6 Å². The number of hydrazine groups is 1. The van der Waals surface area contributed by atoms with Gasteiger partial charge in [0.25, 0.3) is 5.92 Å². The lowest BCUT2D eigenvalue weighted by Crippen LogP contribution is -2.48. The zero-order chi connectivity index (χ0) is 24.2. The maximum absolute atomic E-state index is 14.2. The van der Waals surface area contributed by atoms with Crippen LogP contribution in [0.2, 0.25) is 25.7 Å². The summed E-state index contributed by atoms with van der Waals surface area (Å²) >= 11 is 0. The third-order valence-electron chi connectivity index (χ3n) is 6.62. The first kappa shape index (κ1) is 26.4. The number of hydrogen-bond acceptors (Lipinski definition) is 6. The monoisotopic (exact) mass is 484 g/mol. The third kappa shape index (κ3) is 6.67.